The maximum atomic E-state index is 12.8. The molecule has 1 aliphatic carbocycles. The van der Waals surface area contributed by atoms with E-state index in [1.807, 2.05) is 0 Å². The molecule has 6 unspecified atom stereocenters. The third kappa shape index (κ3) is 30.0. The third-order valence-corrected chi connectivity index (χ3v) is 12.0. The van der Waals surface area contributed by atoms with E-state index in [1.165, 1.54) is 96.3 Å². The van der Waals surface area contributed by atoms with Crippen molar-refractivity contribution >= 4 is 19.8 Å². The van der Waals surface area contributed by atoms with Gasteiger partial charge in [-0.2, -0.15) is 0 Å². The van der Waals surface area contributed by atoms with Crippen LogP contribution in [0.1, 0.15) is 194 Å². The summed E-state index contributed by atoms with van der Waals surface area (Å²) >= 11 is 0. The van der Waals surface area contributed by atoms with E-state index in [0.717, 1.165) is 57.8 Å². The van der Waals surface area contributed by atoms with Gasteiger partial charge in [0.15, 0.2) is 6.10 Å². The van der Waals surface area contributed by atoms with Gasteiger partial charge < -0.3 is 39.9 Å². The van der Waals surface area contributed by atoms with Crippen LogP contribution in [0.2, 0.25) is 0 Å². The van der Waals surface area contributed by atoms with Gasteiger partial charge in [0.25, 0.3) is 0 Å². The van der Waals surface area contributed by atoms with E-state index in [0.29, 0.717) is 12.8 Å². The highest BCUT2D eigenvalue weighted by molar-refractivity contribution is 7.47. The van der Waals surface area contributed by atoms with Crippen LogP contribution in [0.3, 0.4) is 0 Å². The minimum atomic E-state index is -5.12. The first-order valence-electron chi connectivity index (χ1n) is 23.8. The van der Waals surface area contributed by atoms with Crippen LogP contribution >= 0.6 is 7.82 Å². The maximum Gasteiger partial charge on any atom is 0.472 e. The van der Waals surface area contributed by atoms with E-state index in [4.69, 9.17) is 18.5 Å². The van der Waals surface area contributed by atoms with Crippen LogP contribution in [0, 0.1) is 0 Å². The monoisotopic (exact) mass is 889 g/mol. The average molecular weight is 889 g/mol. The van der Waals surface area contributed by atoms with Crippen molar-refractivity contribution in [1.29, 1.82) is 0 Å². The Morgan fingerprint density at radius 1 is 0.508 bits per heavy atom. The molecule has 0 bridgehead atoms. The van der Waals surface area contributed by atoms with Crippen molar-refractivity contribution in [3.63, 3.8) is 0 Å². The van der Waals surface area contributed by atoms with E-state index in [1.54, 1.807) is 0 Å². The van der Waals surface area contributed by atoms with Crippen LogP contribution in [0.5, 0.6) is 0 Å². The van der Waals surface area contributed by atoms with E-state index >= 15 is 0 Å². The van der Waals surface area contributed by atoms with Gasteiger partial charge in [0.05, 0.1) is 6.61 Å². The first kappa shape index (κ1) is 57.1. The van der Waals surface area contributed by atoms with Crippen molar-refractivity contribution < 1.29 is 63.1 Å². The standard InChI is InChI=1S/C47H85O13P/c1-3-5-7-9-11-13-15-17-19-20-22-24-26-28-30-32-34-36-41(49)59-39(38-58-61(55,56)60-47-45(53)43(51)42(50)44(52)46(47)54)37-57-40(48)35-33-31-29-27-25-23-21-18-16-14-12-10-8-6-4-2/h12,14,18,21,25,27,39,42-47,50-54H,3-11,13,15-17,19-20,22-24,26,28-38H2,1-2H3,(H,55,56)/b14-12+,21-18+,27-25+/t39-,42?,43+,44?,45?,46?,47?/m1/s1. The number of rotatable bonds is 39. The third-order valence-electron chi connectivity index (χ3n) is 11.0. The number of aliphatic hydroxyl groups excluding tert-OH is 5. The molecule has 6 N–H and O–H groups in total. The lowest BCUT2D eigenvalue weighted by Gasteiger charge is -2.41. The fourth-order valence-electron chi connectivity index (χ4n) is 7.12. The molecule has 1 aliphatic rings. The van der Waals surface area contributed by atoms with Crippen LogP contribution < -0.4 is 0 Å². The molecule has 13 nitrogen and oxygen atoms in total. The highest BCUT2D eigenvalue weighted by Gasteiger charge is 2.51. The molecule has 1 fully saturated rings. The summed E-state index contributed by atoms with van der Waals surface area (Å²) in [7, 11) is -5.12. The summed E-state index contributed by atoms with van der Waals surface area (Å²) < 4.78 is 33.5. The smallest absolute Gasteiger partial charge is 0.462 e. The molecular weight excluding hydrogens is 803 g/mol. The van der Waals surface area contributed by atoms with Crippen molar-refractivity contribution in [2.24, 2.45) is 0 Å². The topological polar surface area (TPSA) is 210 Å². The summed E-state index contributed by atoms with van der Waals surface area (Å²) in [6, 6.07) is 0. The summed E-state index contributed by atoms with van der Waals surface area (Å²) in [5.41, 5.74) is 0. The first-order valence-corrected chi connectivity index (χ1v) is 25.3. The van der Waals surface area contributed by atoms with E-state index in [2.05, 4.69) is 50.3 Å². The van der Waals surface area contributed by atoms with Gasteiger partial charge in [0, 0.05) is 12.8 Å². The number of aliphatic hydroxyl groups is 5. The minimum absolute atomic E-state index is 0.0916. The van der Waals surface area contributed by atoms with E-state index < -0.39 is 75.7 Å². The average Bonchev–Trinajstić information content (AvgIpc) is 3.24. The SMILES string of the molecule is CCCCC/C=C/C/C=C/C/C=C/CCCCC(=O)OC[C@H](COP(=O)(O)OC1C(O)C(O)C(O)[C@H](O)C1O)OC(=O)CCCCCCCCCCCCCCCCCCC. The molecule has 0 spiro atoms. The number of hydrogen-bond acceptors (Lipinski definition) is 12. The molecular formula is C47H85O13P. The molecule has 8 atom stereocenters. The number of carbonyl (C=O) groups excluding carboxylic acids is 2. The number of unbranched alkanes of at least 4 members (excludes halogenated alkanes) is 21. The molecule has 0 saturated heterocycles. The summed E-state index contributed by atoms with van der Waals surface area (Å²) in [6.07, 6.45) is 29.1. The molecule has 356 valence electrons. The molecule has 0 heterocycles. The fraction of sp³-hybridized carbons (Fsp3) is 0.830. The van der Waals surface area contributed by atoms with Crippen molar-refractivity contribution in [3.8, 4) is 0 Å². The maximum absolute atomic E-state index is 12.8. The van der Waals surface area contributed by atoms with Crippen LogP contribution in [-0.2, 0) is 32.7 Å². The molecule has 0 amide bonds. The lowest BCUT2D eigenvalue weighted by molar-refractivity contribution is -0.220. The van der Waals surface area contributed by atoms with Gasteiger partial charge in [0.2, 0.25) is 0 Å². The fourth-order valence-corrected chi connectivity index (χ4v) is 8.09. The lowest BCUT2D eigenvalue weighted by Crippen LogP contribution is -2.64. The molecule has 0 radical (unpaired) electrons. The Labute approximate surface area is 368 Å². The van der Waals surface area contributed by atoms with Gasteiger partial charge in [-0.25, -0.2) is 4.57 Å². The zero-order valence-electron chi connectivity index (χ0n) is 37.7. The normalized spacial score (nSPS) is 22.3. The molecule has 0 aromatic heterocycles. The molecule has 61 heavy (non-hydrogen) atoms. The van der Waals surface area contributed by atoms with Crippen molar-refractivity contribution in [3.05, 3.63) is 36.5 Å². The first-order chi connectivity index (χ1) is 29.4. The predicted octanol–water partition coefficient (Wildman–Crippen LogP) is 9.39. The molecule has 0 aromatic carbocycles. The van der Waals surface area contributed by atoms with Gasteiger partial charge in [-0.3, -0.25) is 18.6 Å². The highest BCUT2D eigenvalue weighted by Crippen LogP contribution is 2.47. The molecule has 14 heteroatoms. The predicted molar refractivity (Wildman–Crippen MR) is 240 cm³/mol. The minimum Gasteiger partial charge on any atom is -0.462 e. The van der Waals surface area contributed by atoms with Crippen molar-refractivity contribution in [1.82, 2.24) is 0 Å². The van der Waals surface area contributed by atoms with Gasteiger partial charge in [-0.15, -0.1) is 0 Å². The van der Waals surface area contributed by atoms with Crippen molar-refractivity contribution in [2.75, 3.05) is 13.2 Å². The summed E-state index contributed by atoms with van der Waals surface area (Å²) in [5.74, 6) is -1.14. The Kier molecular flexibility index (Phi) is 35.0. The summed E-state index contributed by atoms with van der Waals surface area (Å²) in [5, 5.41) is 50.2. The van der Waals surface area contributed by atoms with Crippen LogP contribution in [0.25, 0.3) is 0 Å². The number of carbonyl (C=O) groups is 2. The number of allylic oxidation sites excluding steroid dienone is 6. The number of phosphoric acid groups is 1. The summed E-state index contributed by atoms with van der Waals surface area (Å²) in [4.78, 5) is 35.7. The van der Waals surface area contributed by atoms with E-state index in [9.17, 15) is 44.6 Å². The largest absolute Gasteiger partial charge is 0.472 e. The van der Waals surface area contributed by atoms with Gasteiger partial charge in [-0.1, -0.05) is 166 Å². The zero-order valence-corrected chi connectivity index (χ0v) is 38.6. The highest BCUT2D eigenvalue weighted by atomic mass is 31.2. The Balaban J connectivity index is 2.47. The van der Waals surface area contributed by atoms with Crippen LogP contribution in [-0.4, -0.2) is 98.3 Å². The van der Waals surface area contributed by atoms with Gasteiger partial charge in [-0.05, 0) is 51.4 Å². The second-order valence-corrected chi connectivity index (χ2v) is 18.0. The zero-order chi connectivity index (χ0) is 45.0. The number of ether oxygens (including phenoxy) is 2. The summed E-state index contributed by atoms with van der Waals surface area (Å²) in [6.45, 7) is 3.25. The Hall–Kier alpha value is -1.93. The van der Waals surface area contributed by atoms with Gasteiger partial charge in [0.1, 0.15) is 43.2 Å². The Morgan fingerprint density at radius 3 is 1.38 bits per heavy atom. The quantitative estimate of drug-likeness (QED) is 0.0147. The van der Waals surface area contributed by atoms with Crippen molar-refractivity contribution in [2.45, 2.75) is 236 Å². The second-order valence-electron chi connectivity index (χ2n) is 16.6. The number of phosphoric ester groups is 1. The lowest BCUT2D eigenvalue weighted by atomic mass is 9.85. The molecule has 0 aromatic rings. The Bertz CT molecular complexity index is 1210. The van der Waals surface area contributed by atoms with Gasteiger partial charge >= 0.3 is 19.8 Å². The number of hydrogen-bond donors (Lipinski definition) is 6. The number of esters is 2. The molecule has 1 rings (SSSR count). The van der Waals surface area contributed by atoms with E-state index in [-0.39, 0.29) is 12.8 Å². The molecule has 1 saturated carbocycles. The Morgan fingerprint density at radius 2 is 0.885 bits per heavy atom. The van der Waals surface area contributed by atoms with Crippen LogP contribution in [0.15, 0.2) is 36.5 Å². The van der Waals surface area contributed by atoms with Crippen LogP contribution in [0.4, 0.5) is 0 Å². The molecule has 0 aliphatic heterocycles. The second kappa shape index (κ2) is 37.4.